The number of thioether (sulfide) groups is 1. The maximum absolute atomic E-state index is 5.53. The Bertz CT molecular complexity index is 495. The standard InChI is InChI=1S/C14H15NO2S/c1-16-12-6-4-11(5-7-12)15-8-10-18-14(15)13-3-2-9-17-13/h2-7,9,14H,8,10H2,1H3/t14-/m1/s1. The van der Waals surface area contributed by atoms with Gasteiger partial charge >= 0.3 is 0 Å². The molecule has 3 rings (SSSR count). The second-order valence-corrected chi connectivity index (χ2v) is 5.32. The van der Waals surface area contributed by atoms with E-state index in [-0.39, 0.29) is 5.37 Å². The van der Waals surface area contributed by atoms with E-state index in [0.717, 1.165) is 23.8 Å². The number of ether oxygens (including phenoxy) is 1. The van der Waals surface area contributed by atoms with E-state index in [9.17, 15) is 0 Å². The highest BCUT2D eigenvalue weighted by Crippen LogP contribution is 2.41. The van der Waals surface area contributed by atoms with Crippen LogP contribution in [0.4, 0.5) is 5.69 Å². The Hall–Kier alpha value is -1.55. The molecule has 3 nitrogen and oxygen atoms in total. The van der Waals surface area contributed by atoms with Gasteiger partial charge in [0.2, 0.25) is 0 Å². The first-order chi connectivity index (χ1) is 8.88. The minimum absolute atomic E-state index is 0.286. The van der Waals surface area contributed by atoms with Gasteiger partial charge in [-0.05, 0) is 36.4 Å². The van der Waals surface area contributed by atoms with Crippen molar-refractivity contribution in [2.45, 2.75) is 5.37 Å². The van der Waals surface area contributed by atoms with Crippen molar-refractivity contribution in [1.82, 2.24) is 0 Å². The van der Waals surface area contributed by atoms with E-state index in [1.165, 1.54) is 5.69 Å². The summed E-state index contributed by atoms with van der Waals surface area (Å²) in [5.74, 6) is 3.03. The van der Waals surface area contributed by atoms with Gasteiger partial charge in [0.05, 0.1) is 13.4 Å². The molecular formula is C14H15NO2S. The summed E-state index contributed by atoms with van der Waals surface area (Å²) in [6, 6.07) is 12.2. The van der Waals surface area contributed by atoms with Gasteiger partial charge in [0.25, 0.3) is 0 Å². The first-order valence-corrected chi connectivity index (χ1v) is 6.99. The van der Waals surface area contributed by atoms with E-state index in [1.807, 2.05) is 36.0 Å². The minimum atomic E-state index is 0.286. The second-order valence-electron chi connectivity index (χ2n) is 4.13. The molecule has 1 saturated heterocycles. The van der Waals surface area contributed by atoms with Crippen LogP contribution in [0.1, 0.15) is 11.1 Å². The summed E-state index contributed by atoms with van der Waals surface area (Å²) in [6.45, 7) is 1.04. The van der Waals surface area contributed by atoms with Gasteiger partial charge < -0.3 is 14.1 Å². The third-order valence-electron chi connectivity index (χ3n) is 3.08. The Morgan fingerprint density at radius 2 is 2.11 bits per heavy atom. The number of anilines is 1. The highest BCUT2D eigenvalue weighted by Gasteiger charge is 2.28. The molecule has 0 amide bonds. The first kappa shape index (κ1) is 11.5. The second kappa shape index (κ2) is 4.98. The van der Waals surface area contributed by atoms with Crippen LogP contribution in [0.3, 0.4) is 0 Å². The summed E-state index contributed by atoms with van der Waals surface area (Å²) in [6.07, 6.45) is 1.74. The van der Waals surface area contributed by atoms with Gasteiger partial charge in [-0.1, -0.05) is 0 Å². The smallest absolute Gasteiger partial charge is 0.136 e. The maximum atomic E-state index is 5.53. The van der Waals surface area contributed by atoms with Crippen molar-refractivity contribution in [2.75, 3.05) is 24.3 Å². The lowest BCUT2D eigenvalue weighted by Gasteiger charge is -2.24. The number of nitrogens with zero attached hydrogens (tertiary/aromatic N) is 1. The van der Waals surface area contributed by atoms with Crippen LogP contribution in [0, 0.1) is 0 Å². The molecule has 1 aliphatic rings. The molecule has 4 heteroatoms. The van der Waals surface area contributed by atoms with Crippen molar-refractivity contribution >= 4 is 17.4 Å². The van der Waals surface area contributed by atoms with E-state index < -0.39 is 0 Å². The average molecular weight is 261 g/mol. The summed E-state index contributed by atoms with van der Waals surface area (Å²) in [5.41, 5.74) is 1.21. The van der Waals surface area contributed by atoms with Crippen LogP contribution >= 0.6 is 11.8 Å². The van der Waals surface area contributed by atoms with Gasteiger partial charge in [-0.25, -0.2) is 0 Å². The predicted molar refractivity (Wildman–Crippen MR) is 74.2 cm³/mol. The fraction of sp³-hybridized carbons (Fsp3) is 0.286. The van der Waals surface area contributed by atoms with Gasteiger partial charge in [-0.2, -0.15) is 0 Å². The molecule has 94 valence electrons. The number of hydrogen-bond donors (Lipinski definition) is 0. The monoisotopic (exact) mass is 261 g/mol. The van der Waals surface area contributed by atoms with Gasteiger partial charge in [0.15, 0.2) is 0 Å². The van der Waals surface area contributed by atoms with Crippen LogP contribution in [-0.2, 0) is 0 Å². The minimum Gasteiger partial charge on any atom is -0.497 e. The highest BCUT2D eigenvalue weighted by atomic mass is 32.2. The van der Waals surface area contributed by atoms with Crippen LogP contribution in [0.25, 0.3) is 0 Å². The summed E-state index contributed by atoms with van der Waals surface area (Å²) in [7, 11) is 1.69. The topological polar surface area (TPSA) is 25.6 Å². The highest BCUT2D eigenvalue weighted by molar-refractivity contribution is 7.99. The van der Waals surface area contributed by atoms with Crippen LogP contribution < -0.4 is 9.64 Å². The van der Waals surface area contributed by atoms with E-state index >= 15 is 0 Å². The number of benzene rings is 1. The maximum Gasteiger partial charge on any atom is 0.136 e. The molecule has 1 atom stereocenters. The molecule has 18 heavy (non-hydrogen) atoms. The summed E-state index contributed by atoms with van der Waals surface area (Å²) in [5, 5.41) is 0.286. The van der Waals surface area contributed by atoms with Crippen LogP contribution in [-0.4, -0.2) is 19.4 Å². The van der Waals surface area contributed by atoms with E-state index in [0.29, 0.717) is 0 Å². The molecule has 1 fully saturated rings. The molecule has 0 unspecified atom stereocenters. The van der Waals surface area contributed by atoms with Gasteiger partial charge in [-0.15, -0.1) is 11.8 Å². The van der Waals surface area contributed by atoms with Gasteiger partial charge in [0, 0.05) is 18.0 Å². The zero-order valence-electron chi connectivity index (χ0n) is 10.2. The zero-order valence-corrected chi connectivity index (χ0v) is 11.0. The SMILES string of the molecule is COc1ccc(N2CCS[C@@H]2c2ccco2)cc1. The lowest BCUT2D eigenvalue weighted by atomic mass is 10.2. The first-order valence-electron chi connectivity index (χ1n) is 5.94. The molecular weight excluding hydrogens is 246 g/mol. The molecule has 0 saturated carbocycles. The Kier molecular flexibility index (Phi) is 3.19. The zero-order chi connectivity index (χ0) is 12.4. The van der Waals surface area contributed by atoms with E-state index in [1.54, 1.807) is 13.4 Å². The molecule has 1 aromatic heterocycles. The summed E-state index contributed by atoms with van der Waals surface area (Å²) in [4.78, 5) is 2.36. The van der Waals surface area contributed by atoms with E-state index in [4.69, 9.17) is 9.15 Å². The largest absolute Gasteiger partial charge is 0.497 e. The Morgan fingerprint density at radius 3 is 2.78 bits per heavy atom. The molecule has 1 aliphatic heterocycles. The lowest BCUT2D eigenvalue weighted by Crippen LogP contribution is -2.21. The third-order valence-corrected chi connectivity index (χ3v) is 4.30. The lowest BCUT2D eigenvalue weighted by molar-refractivity contribution is 0.415. The number of furan rings is 1. The van der Waals surface area contributed by atoms with Crippen molar-refractivity contribution in [1.29, 1.82) is 0 Å². The molecule has 0 aliphatic carbocycles. The van der Waals surface area contributed by atoms with Crippen molar-refractivity contribution in [3.8, 4) is 5.75 Å². The third kappa shape index (κ3) is 2.08. The van der Waals surface area contributed by atoms with Crippen molar-refractivity contribution in [2.24, 2.45) is 0 Å². The molecule has 0 spiro atoms. The van der Waals surface area contributed by atoms with Crippen LogP contribution in [0.5, 0.6) is 5.75 Å². The fourth-order valence-corrected chi connectivity index (χ4v) is 3.41. The normalized spacial score (nSPS) is 19.2. The Morgan fingerprint density at radius 1 is 1.28 bits per heavy atom. The molecule has 2 aromatic rings. The van der Waals surface area contributed by atoms with Crippen molar-refractivity contribution < 1.29 is 9.15 Å². The fourth-order valence-electron chi connectivity index (χ4n) is 2.18. The number of rotatable bonds is 3. The summed E-state index contributed by atoms with van der Waals surface area (Å²) >= 11 is 1.91. The average Bonchev–Trinajstić information content (AvgIpc) is 3.09. The molecule has 0 radical (unpaired) electrons. The predicted octanol–water partition coefficient (Wildman–Crippen LogP) is 3.54. The Balaban J connectivity index is 1.85. The molecule has 1 aromatic carbocycles. The molecule has 2 heterocycles. The number of methoxy groups -OCH3 is 1. The number of hydrogen-bond acceptors (Lipinski definition) is 4. The van der Waals surface area contributed by atoms with Crippen molar-refractivity contribution in [3.63, 3.8) is 0 Å². The molecule has 0 bridgehead atoms. The summed E-state index contributed by atoms with van der Waals surface area (Å²) < 4.78 is 10.7. The molecule has 0 N–H and O–H groups in total. The van der Waals surface area contributed by atoms with Gasteiger partial charge in [-0.3, -0.25) is 0 Å². The quantitative estimate of drug-likeness (QED) is 0.844. The van der Waals surface area contributed by atoms with Crippen molar-refractivity contribution in [3.05, 3.63) is 48.4 Å². The van der Waals surface area contributed by atoms with Crippen LogP contribution in [0.15, 0.2) is 47.1 Å². The van der Waals surface area contributed by atoms with Gasteiger partial charge in [0.1, 0.15) is 16.9 Å². The Labute approximate surface area is 111 Å². The van der Waals surface area contributed by atoms with Crippen LogP contribution in [0.2, 0.25) is 0 Å². The van der Waals surface area contributed by atoms with E-state index in [2.05, 4.69) is 17.0 Å².